The van der Waals surface area contributed by atoms with Crippen LogP contribution in [0.25, 0.3) is 17.0 Å². The average Bonchev–Trinajstić information content (AvgIpc) is 3.06. The highest BCUT2D eigenvalue weighted by Crippen LogP contribution is 2.28. The summed E-state index contributed by atoms with van der Waals surface area (Å²) in [5, 5.41) is 5.64. The van der Waals surface area contributed by atoms with Gasteiger partial charge in [-0.3, -0.25) is 4.68 Å². The SMILES string of the molecule is C/C=C/c1ccc(OCCCCn2ncc3ccccc32)c(OC)c1. The summed E-state index contributed by atoms with van der Waals surface area (Å²) in [6, 6.07) is 14.3. The van der Waals surface area contributed by atoms with E-state index in [1.807, 2.05) is 55.6 Å². The second-order valence-corrected chi connectivity index (χ2v) is 5.89. The number of benzene rings is 2. The van der Waals surface area contributed by atoms with E-state index in [4.69, 9.17) is 9.47 Å². The van der Waals surface area contributed by atoms with Crippen LogP contribution in [-0.4, -0.2) is 23.5 Å². The summed E-state index contributed by atoms with van der Waals surface area (Å²) >= 11 is 0. The number of ether oxygens (including phenoxy) is 2. The van der Waals surface area contributed by atoms with Crippen LogP contribution in [0.1, 0.15) is 25.3 Å². The number of aryl methyl sites for hydroxylation is 1. The van der Waals surface area contributed by atoms with E-state index >= 15 is 0 Å². The third kappa shape index (κ3) is 4.21. The van der Waals surface area contributed by atoms with Gasteiger partial charge in [0.15, 0.2) is 11.5 Å². The van der Waals surface area contributed by atoms with Crippen molar-refractivity contribution in [3.8, 4) is 11.5 Å². The maximum atomic E-state index is 5.89. The Labute approximate surface area is 148 Å². The molecule has 2 aromatic carbocycles. The molecule has 0 N–H and O–H groups in total. The van der Waals surface area contributed by atoms with Crippen molar-refractivity contribution in [3.05, 3.63) is 60.3 Å². The lowest BCUT2D eigenvalue weighted by Gasteiger charge is -2.11. The zero-order valence-electron chi connectivity index (χ0n) is 14.8. The van der Waals surface area contributed by atoms with Gasteiger partial charge >= 0.3 is 0 Å². The number of rotatable bonds is 8. The van der Waals surface area contributed by atoms with E-state index in [0.717, 1.165) is 36.4 Å². The molecule has 0 saturated carbocycles. The number of fused-ring (bicyclic) bond motifs is 1. The molecular formula is C21H24N2O2. The van der Waals surface area contributed by atoms with Gasteiger partial charge in [-0.05, 0) is 43.5 Å². The molecule has 130 valence electrons. The summed E-state index contributed by atoms with van der Waals surface area (Å²) in [7, 11) is 1.67. The largest absolute Gasteiger partial charge is 0.493 e. The number of aromatic nitrogens is 2. The standard InChI is InChI=1S/C21H24N2O2/c1-3-8-17-11-12-20(21(15-17)24-2)25-14-7-6-13-23-19-10-5-4-9-18(19)16-22-23/h3-5,8-12,15-16H,6-7,13-14H2,1-2H3/b8-3+. The van der Waals surface area contributed by atoms with Gasteiger partial charge < -0.3 is 9.47 Å². The van der Waals surface area contributed by atoms with Gasteiger partial charge in [0, 0.05) is 11.9 Å². The molecule has 0 spiro atoms. The van der Waals surface area contributed by atoms with E-state index in [1.165, 1.54) is 10.9 Å². The van der Waals surface area contributed by atoms with Crippen LogP contribution in [0, 0.1) is 0 Å². The van der Waals surface area contributed by atoms with Crippen molar-refractivity contribution < 1.29 is 9.47 Å². The van der Waals surface area contributed by atoms with Crippen LogP contribution in [0.3, 0.4) is 0 Å². The number of methoxy groups -OCH3 is 1. The first-order valence-corrected chi connectivity index (χ1v) is 8.66. The van der Waals surface area contributed by atoms with Crippen molar-refractivity contribution >= 4 is 17.0 Å². The minimum Gasteiger partial charge on any atom is -0.493 e. The van der Waals surface area contributed by atoms with Crippen LogP contribution < -0.4 is 9.47 Å². The molecule has 3 rings (SSSR count). The number of unbranched alkanes of at least 4 members (excludes halogenated alkanes) is 1. The molecule has 4 heteroatoms. The molecule has 0 aliphatic heterocycles. The van der Waals surface area contributed by atoms with E-state index in [0.29, 0.717) is 6.61 Å². The number of hydrogen-bond donors (Lipinski definition) is 0. The van der Waals surface area contributed by atoms with E-state index in [1.54, 1.807) is 7.11 Å². The number of hydrogen-bond acceptors (Lipinski definition) is 3. The molecule has 0 amide bonds. The van der Waals surface area contributed by atoms with Crippen molar-refractivity contribution in [2.75, 3.05) is 13.7 Å². The lowest BCUT2D eigenvalue weighted by Crippen LogP contribution is -2.04. The van der Waals surface area contributed by atoms with E-state index < -0.39 is 0 Å². The first-order chi connectivity index (χ1) is 12.3. The highest BCUT2D eigenvalue weighted by atomic mass is 16.5. The number of nitrogens with zero attached hydrogens (tertiary/aromatic N) is 2. The van der Waals surface area contributed by atoms with Crippen LogP contribution in [0.15, 0.2) is 54.7 Å². The molecule has 1 heterocycles. The molecule has 0 bridgehead atoms. The van der Waals surface area contributed by atoms with Crippen molar-refractivity contribution in [1.82, 2.24) is 9.78 Å². The summed E-state index contributed by atoms with van der Waals surface area (Å²) < 4.78 is 13.4. The Kier molecular flexibility index (Phi) is 5.73. The Bertz CT molecular complexity index is 852. The van der Waals surface area contributed by atoms with Gasteiger partial charge in [-0.15, -0.1) is 0 Å². The zero-order chi connectivity index (χ0) is 17.5. The molecule has 0 aliphatic rings. The van der Waals surface area contributed by atoms with Gasteiger partial charge in [0.05, 0.1) is 25.4 Å². The predicted molar refractivity (Wildman–Crippen MR) is 102 cm³/mol. The van der Waals surface area contributed by atoms with Crippen LogP contribution in [-0.2, 0) is 6.54 Å². The molecule has 4 nitrogen and oxygen atoms in total. The van der Waals surface area contributed by atoms with Gasteiger partial charge in [0.2, 0.25) is 0 Å². The molecule has 0 saturated heterocycles. The van der Waals surface area contributed by atoms with Crippen LogP contribution in [0.4, 0.5) is 0 Å². The van der Waals surface area contributed by atoms with Crippen LogP contribution in [0.5, 0.6) is 11.5 Å². The maximum Gasteiger partial charge on any atom is 0.161 e. The fourth-order valence-corrected chi connectivity index (χ4v) is 2.85. The van der Waals surface area contributed by atoms with Gasteiger partial charge in [-0.2, -0.15) is 5.10 Å². The normalized spacial score (nSPS) is 11.3. The molecule has 0 aliphatic carbocycles. The summed E-state index contributed by atoms with van der Waals surface area (Å²) in [6.45, 7) is 3.56. The molecular weight excluding hydrogens is 312 g/mol. The smallest absolute Gasteiger partial charge is 0.161 e. The second-order valence-electron chi connectivity index (χ2n) is 5.89. The summed E-state index contributed by atoms with van der Waals surface area (Å²) in [6.07, 6.45) is 7.95. The Balaban J connectivity index is 1.50. The second kappa shape index (κ2) is 8.38. The summed E-state index contributed by atoms with van der Waals surface area (Å²) in [5.74, 6) is 1.56. The van der Waals surface area contributed by atoms with E-state index in [9.17, 15) is 0 Å². The molecule has 0 radical (unpaired) electrons. The van der Waals surface area contributed by atoms with Gasteiger partial charge in [0.1, 0.15) is 0 Å². The molecule has 25 heavy (non-hydrogen) atoms. The van der Waals surface area contributed by atoms with Crippen molar-refractivity contribution in [1.29, 1.82) is 0 Å². The maximum absolute atomic E-state index is 5.89. The fraction of sp³-hybridized carbons (Fsp3) is 0.286. The molecule has 1 aromatic heterocycles. The first kappa shape index (κ1) is 17.1. The monoisotopic (exact) mass is 336 g/mol. The molecule has 0 fully saturated rings. The van der Waals surface area contributed by atoms with Gasteiger partial charge in [0.25, 0.3) is 0 Å². The van der Waals surface area contributed by atoms with Crippen LogP contribution >= 0.6 is 0 Å². The summed E-state index contributed by atoms with van der Waals surface area (Å²) in [5.41, 5.74) is 2.29. The lowest BCUT2D eigenvalue weighted by atomic mass is 10.2. The van der Waals surface area contributed by atoms with E-state index in [2.05, 4.69) is 21.9 Å². The minimum atomic E-state index is 0.665. The first-order valence-electron chi connectivity index (χ1n) is 8.66. The Hall–Kier alpha value is -2.75. The molecule has 3 aromatic rings. The number of para-hydroxylation sites is 1. The fourth-order valence-electron chi connectivity index (χ4n) is 2.85. The van der Waals surface area contributed by atoms with Gasteiger partial charge in [-0.25, -0.2) is 0 Å². The minimum absolute atomic E-state index is 0.665. The Morgan fingerprint density at radius 3 is 2.80 bits per heavy atom. The number of allylic oxidation sites excluding steroid dienone is 1. The van der Waals surface area contributed by atoms with Crippen molar-refractivity contribution in [2.24, 2.45) is 0 Å². The quantitative estimate of drug-likeness (QED) is 0.547. The predicted octanol–water partition coefficient (Wildman–Crippen LogP) is 4.94. The zero-order valence-corrected chi connectivity index (χ0v) is 14.8. The Morgan fingerprint density at radius 2 is 1.96 bits per heavy atom. The van der Waals surface area contributed by atoms with E-state index in [-0.39, 0.29) is 0 Å². The van der Waals surface area contributed by atoms with Crippen molar-refractivity contribution in [2.45, 2.75) is 26.3 Å². The lowest BCUT2D eigenvalue weighted by molar-refractivity contribution is 0.283. The molecule has 0 atom stereocenters. The Morgan fingerprint density at radius 1 is 1.08 bits per heavy atom. The topological polar surface area (TPSA) is 36.3 Å². The highest BCUT2D eigenvalue weighted by Gasteiger charge is 2.05. The van der Waals surface area contributed by atoms with Crippen molar-refractivity contribution in [3.63, 3.8) is 0 Å². The highest BCUT2D eigenvalue weighted by molar-refractivity contribution is 5.78. The van der Waals surface area contributed by atoms with Crippen LogP contribution in [0.2, 0.25) is 0 Å². The third-order valence-corrected chi connectivity index (χ3v) is 4.12. The average molecular weight is 336 g/mol. The third-order valence-electron chi connectivity index (χ3n) is 4.12. The summed E-state index contributed by atoms with van der Waals surface area (Å²) in [4.78, 5) is 0. The molecule has 0 unspecified atom stereocenters. The van der Waals surface area contributed by atoms with Gasteiger partial charge in [-0.1, -0.05) is 36.4 Å².